The van der Waals surface area contributed by atoms with E-state index in [1.165, 1.54) is 6.92 Å². The molecule has 1 N–H and O–H groups in total. The van der Waals surface area contributed by atoms with Gasteiger partial charge in [0.1, 0.15) is 0 Å². The van der Waals surface area contributed by atoms with Crippen LogP contribution in [0, 0.1) is 6.92 Å². The summed E-state index contributed by atoms with van der Waals surface area (Å²) in [4.78, 5) is 50.8. The highest BCUT2D eigenvalue weighted by Gasteiger charge is 2.22. The van der Waals surface area contributed by atoms with Crippen LogP contribution in [0.3, 0.4) is 0 Å². The van der Waals surface area contributed by atoms with E-state index in [4.69, 9.17) is 0 Å². The second kappa shape index (κ2) is 9.85. The standard InChI is InChI=1S/C20H27N3O4/c1-15-3-5-17(6-4-15)18(25)7-8-19(26)21-10-9-20(27)23-13-11-22(12-14-23)16(2)24/h3-6H,7-14H2,1-2H3,(H,21,26). The minimum Gasteiger partial charge on any atom is -0.356 e. The van der Waals surface area contributed by atoms with Crippen molar-refractivity contribution in [2.24, 2.45) is 0 Å². The van der Waals surface area contributed by atoms with Crippen LogP contribution in [0.4, 0.5) is 0 Å². The predicted octanol–water partition coefficient (Wildman–Crippen LogP) is 1.15. The van der Waals surface area contributed by atoms with E-state index in [0.717, 1.165) is 5.56 Å². The molecule has 1 aromatic rings. The maximum atomic E-state index is 12.2. The SMILES string of the molecule is CC(=O)N1CCN(C(=O)CCNC(=O)CCC(=O)c2ccc(C)cc2)CC1. The van der Waals surface area contributed by atoms with Crippen molar-refractivity contribution in [1.29, 1.82) is 0 Å². The highest BCUT2D eigenvalue weighted by molar-refractivity contribution is 5.98. The summed E-state index contributed by atoms with van der Waals surface area (Å²) in [6, 6.07) is 7.27. The molecule has 1 aromatic carbocycles. The number of aryl methyl sites for hydroxylation is 1. The molecule has 1 heterocycles. The molecule has 0 radical (unpaired) electrons. The van der Waals surface area contributed by atoms with Crippen molar-refractivity contribution in [3.8, 4) is 0 Å². The van der Waals surface area contributed by atoms with Gasteiger partial charge in [0.15, 0.2) is 5.78 Å². The molecule has 27 heavy (non-hydrogen) atoms. The molecule has 2 rings (SSSR count). The number of piperazine rings is 1. The molecule has 7 heteroatoms. The van der Waals surface area contributed by atoms with E-state index in [2.05, 4.69) is 5.32 Å². The molecule has 1 saturated heterocycles. The molecule has 1 aliphatic heterocycles. The Morgan fingerprint density at radius 2 is 1.48 bits per heavy atom. The zero-order valence-electron chi connectivity index (χ0n) is 16.0. The highest BCUT2D eigenvalue weighted by atomic mass is 16.2. The van der Waals surface area contributed by atoms with Gasteiger partial charge in [-0.1, -0.05) is 29.8 Å². The third kappa shape index (κ3) is 6.51. The summed E-state index contributed by atoms with van der Waals surface area (Å²) in [7, 11) is 0. The first kappa shape index (κ1) is 20.6. The van der Waals surface area contributed by atoms with Crippen LogP contribution < -0.4 is 5.32 Å². The highest BCUT2D eigenvalue weighted by Crippen LogP contribution is 2.08. The fourth-order valence-corrected chi connectivity index (χ4v) is 2.94. The molecule has 0 atom stereocenters. The van der Waals surface area contributed by atoms with Gasteiger partial charge in [0.25, 0.3) is 0 Å². The summed E-state index contributed by atoms with van der Waals surface area (Å²) in [5.41, 5.74) is 1.69. The van der Waals surface area contributed by atoms with Crippen molar-refractivity contribution in [3.05, 3.63) is 35.4 Å². The number of rotatable bonds is 7. The van der Waals surface area contributed by atoms with Crippen molar-refractivity contribution < 1.29 is 19.2 Å². The number of Topliss-reactive ketones (excluding diaryl/α,β-unsaturated/α-hetero) is 1. The Bertz CT molecular complexity index is 692. The molecular formula is C20H27N3O4. The first-order chi connectivity index (χ1) is 12.9. The van der Waals surface area contributed by atoms with Crippen LogP contribution in [-0.2, 0) is 14.4 Å². The number of amides is 3. The molecule has 7 nitrogen and oxygen atoms in total. The molecule has 0 aliphatic carbocycles. The summed E-state index contributed by atoms with van der Waals surface area (Å²) in [6.45, 7) is 5.88. The minimum atomic E-state index is -0.232. The summed E-state index contributed by atoms with van der Waals surface area (Å²) in [5.74, 6) is -0.307. The van der Waals surface area contributed by atoms with Crippen LogP contribution in [0.25, 0.3) is 0 Å². The second-order valence-electron chi connectivity index (χ2n) is 6.78. The van der Waals surface area contributed by atoms with E-state index >= 15 is 0 Å². The topological polar surface area (TPSA) is 86.8 Å². The number of benzene rings is 1. The van der Waals surface area contributed by atoms with E-state index in [0.29, 0.717) is 31.7 Å². The number of hydrogen-bond donors (Lipinski definition) is 1. The number of ketones is 1. The van der Waals surface area contributed by atoms with Crippen molar-refractivity contribution >= 4 is 23.5 Å². The molecule has 0 spiro atoms. The van der Waals surface area contributed by atoms with E-state index in [9.17, 15) is 19.2 Å². The average Bonchev–Trinajstić information content (AvgIpc) is 2.66. The van der Waals surface area contributed by atoms with Gasteiger partial charge in [0.2, 0.25) is 17.7 Å². The normalized spacial score (nSPS) is 14.0. The van der Waals surface area contributed by atoms with Gasteiger partial charge in [-0.2, -0.15) is 0 Å². The zero-order chi connectivity index (χ0) is 19.8. The van der Waals surface area contributed by atoms with Gasteiger partial charge in [0, 0.05) is 64.5 Å². The lowest BCUT2D eigenvalue weighted by Crippen LogP contribution is -2.50. The molecule has 1 aliphatic rings. The summed E-state index contributed by atoms with van der Waals surface area (Å²) < 4.78 is 0. The predicted molar refractivity (Wildman–Crippen MR) is 101 cm³/mol. The van der Waals surface area contributed by atoms with Crippen molar-refractivity contribution in [2.75, 3.05) is 32.7 Å². The van der Waals surface area contributed by atoms with Gasteiger partial charge in [0.05, 0.1) is 0 Å². The number of hydrogen-bond acceptors (Lipinski definition) is 4. The van der Waals surface area contributed by atoms with Crippen LogP contribution >= 0.6 is 0 Å². The Morgan fingerprint density at radius 3 is 2.07 bits per heavy atom. The lowest BCUT2D eigenvalue weighted by molar-refractivity contribution is -0.138. The van der Waals surface area contributed by atoms with Crippen molar-refractivity contribution in [2.45, 2.75) is 33.1 Å². The fourth-order valence-electron chi connectivity index (χ4n) is 2.94. The van der Waals surface area contributed by atoms with Gasteiger partial charge in [-0.25, -0.2) is 0 Å². The Hall–Kier alpha value is -2.70. The second-order valence-corrected chi connectivity index (χ2v) is 6.78. The van der Waals surface area contributed by atoms with E-state index in [1.54, 1.807) is 21.9 Å². The van der Waals surface area contributed by atoms with Crippen molar-refractivity contribution in [1.82, 2.24) is 15.1 Å². The molecule has 146 valence electrons. The van der Waals surface area contributed by atoms with Crippen LogP contribution in [0.2, 0.25) is 0 Å². The Morgan fingerprint density at radius 1 is 0.889 bits per heavy atom. The lowest BCUT2D eigenvalue weighted by Gasteiger charge is -2.34. The van der Waals surface area contributed by atoms with E-state index < -0.39 is 0 Å². The molecule has 0 bridgehead atoms. The Labute approximate surface area is 159 Å². The number of nitrogens with one attached hydrogen (secondary N) is 1. The van der Waals surface area contributed by atoms with Gasteiger partial charge in [-0.15, -0.1) is 0 Å². The molecule has 1 fully saturated rings. The smallest absolute Gasteiger partial charge is 0.224 e. The maximum Gasteiger partial charge on any atom is 0.224 e. The average molecular weight is 373 g/mol. The van der Waals surface area contributed by atoms with E-state index in [1.807, 2.05) is 19.1 Å². The molecule has 0 unspecified atom stereocenters. The van der Waals surface area contributed by atoms with Gasteiger partial charge < -0.3 is 15.1 Å². The summed E-state index contributed by atoms with van der Waals surface area (Å²) >= 11 is 0. The summed E-state index contributed by atoms with van der Waals surface area (Å²) in [5, 5.41) is 2.69. The number of nitrogens with zero attached hydrogens (tertiary/aromatic N) is 2. The minimum absolute atomic E-state index is 0.0227. The monoisotopic (exact) mass is 373 g/mol. The van der Waals surface area contributed by atoms with Crippen molar-refractivity contribution in [3.63, 3.8) is 0 Å². The van der Waals surface area contributed by atoms with E-state index in [-0.39, 0.29) is 49.3 Å². The fraction of sp³-hybridized carbons (Fsp3) is 0.500. The quantitative estimate of drug-likeness (QED) is 0.727. The van der Waals surface area contributed by atoms with Crippen LogP contribution in [-0.4, -0.2) is 66.0 Å². The molecule has 0 saturated carbocycles. The van der Waals surface area contributed by atoms with Crippen LogP contribution in [0.5, 0.6) is 0 Å². The molecule has 3 amide bonds. The Kier molecular flexibility index (Phi) is 7.52. The largest absolute Gasteiger partial charge is 0.356 e. The number of carbonyl (C=O) groups excluding carboxylic acids is 4. The summed E-state index contributed by atoms with van der Waals surface area (Å²) in [6.07, 6.45) is 0.478. The maximum absolute atomic E-state index is 12.2. The van der Waals surface area contributed by atoms with Crippen LogP contribution in [0.15, 0.2) is 24.3 Å². The lowest BCUT2D eigenvalue weighted by atomic mass is 10.1. The third-order valence-electron chi connectivity index (χ3n) is 4.69. The van der Waals surface area contributed by atoms with Gasteiger partial charge in [-0.3, -0.25) is 19.2 Å². The third-order valence-corrected chi connectivity index (χ3v) is 4.69. The number of carbonyl (C=O) groups is 4. The Balaban J connectivity index is 1.63. The molecule has 0 aromatic heterocycles. The first-order valence-electron chi connectivity index (χ1n) is 9.26. The van der Waals surface area contributed by atoms with Gasteiger partial charge in [-0.05, 0) is 6.92 Å². The zero-order valence-corrected chi connectivity index (χ0v) is 16.0. The van der Waals surface area contributed by atoms with Gasteiger partial charge >= 0.3 is 0 Å². The molecular weight excluding hydrogens is 346 g/mol. The van der Waals surface area contributed by atoms with Crippen LogP contribution in [0.1, 0.15) is 42.1 Å². The first-order valence-corrected chi connectivity index (χ1v) is 9.26.